The third-order valence-corrected chi connectivity index (χ3v) is 7.97. The normalized spacial score (nSPS) is 24.5. The van der Waals surface area contributed by atoms with Crippen molar-refractivity contribution in [1.29, 1.82) is 0 Å². The van der Waals surface area contributed by atoms with Crippen LogP contribution in [-0.4, -0.2) is 84.2 Å². The average molecular weight is 547 g/mol. The molecule has 0 unspecified atom stereocenters. The number of nitrogens with zero attached hydrogens (tertiary/aromatic N) is 3. The minimum Gasteiger partial charge on any atom is -0.394 e. The molecule has 2 aromatic rings. The Bertz CT molecular complexity index is 991. The Morgan fingerprint density at radius 2 is 1.91 bits per heavy atom. The van der Waals surface area contributed by atoms with E-state index in [1.54, 1.807) is 18.0 Å². The molecule has 194 valence electrons. The zero-order valence-electron chi connectivity index (χ0n) is 19.7. The van der Waals surface area contributed by atoms with Crippen molar-refractivity contribution in [3.05, 3.63) is 40.1 Å². The molecule has 1 fully saturated rings. The smallest absolute Gasteiger partial charge is 0.185 e. The van der Waals surface area contributed by atoms with E-state index in [-0.39, 0.29) is 0 Å². The Labute approximate surface area is 218 Å². The zero-order chi connectivity index (χ0) is 25.5. The molecule has 0 radical (unpaired) electrons. The average Bonchev–Trinajstić information content (AvgIpc) is 2.83. The van der Waals surface area contributed by atoms with Crippen LogP contribution in [0.4, 0.5) is 5.82 Å². The van der Waals surface area contributed by atoms with Crippen LogP contribution in [0.3, 0.4) is 0 Å². The summed E-state index contributed by atoms with van der Waals surface area (Å²) in [5.41, 5.74) is 2.70. The highest BCUT2D eigenvalue weighted by Gasteiger charge is 2.44. The van der Waals surface area contributed by atoms with Crippen LogP contribution in [-0.2, 0) is 15.5 Å². The summed E-state index contributed by atoms with van der Waals surface area (Å²) in [6.07, 6.45) is -3.67. The first-order chi connectivity index (χ1) is 16.7. The van der Waals surface area contributed by atoms with Crippen LogP contribution in [0, 0.1) is 20.8 Å². The number of aliphatic hydroxyl groups excluding tert-OH is 4. The van der Waals surface area contributed by atoms with E-state index in [0.29, 0.717) is 29.0 Å². The summed E-state index contributed by atoms with van der Waals surface area (Å²) in [5, 5.41) is 42.9. The van der Waals surface area contributed by atoms with Crippen LogP contribution in [0.25, 0.3) is 0 Å². The number of hydrogen-bond donors (Lipinski definition) is 5. The Balaban J connectivity index is 1.44. The van der Waals surface area contributed by atoms with E-state index < -0.39 is 37.3 Å². The molecule has 1 aliphatic heterocycles. The summed E-state index contributed by atoms with van der Waals surface area (Å²) >= 11 is 9.12. The molecule has 10 nitrogen and oxygen atoms in total. The lowest BCUT2D eigenvalue weighted by Crippen LogP contribution is -2.58. The summed E-state index contributed by atoms with van der Waals surface area (Å²) in [4.78, 5) is 14.2. The number of ether oxygens (including phenoxy) is 1. The van der Waals surface area contributed by atoms with Crippen molar-refractivity contribution in [1.82, 2.24) is 15.0 Å². The molecular weight excluding hydrogens is 516 g/mol. The number of hydrogen-bond acceptors (Lipinski definition) is 12. The zero-order valence-corrected chi connectivity index (χ0v) is 22.1. The third-order valence-electron chi connectivity index (χ3n) is 5.46. The van der Waals surface area contributed by atoms with Gasteiger partial charge in [0.2, 0.25) is 0 Å². The Hall–Kier alpha value is -1.22. The molecule has 0 spiro atoms. The van der Waals surface area contributed by atoms with Gasteiger partial charge in [-0.15, -0.1) is 11.8 Å². The highest BCUT2D eigenvalue weighted by Crippen LogP contribution is 2.28. The molecule has 0 aliphatic carbocycles. The van der Waals surface area contributed by atoms with Gasteiger partial charge in [-0.2, -0.15) is 0 Å². The molecule has 13 heteroatoms. The van der Waals surface area contributed by atoms with Crippen LogP contribution >= 0.6 is 35.4 Å². The van der Waals surface area contributed by atoms with E-state index >= 15 is 0 Å². The summed E-state index contributed by atoms with van der Waals surface area (Å²) in [6.45, 7) is 5.67. The van der Waals surface area contributed by atoms with E-state index in [2.05, 4.69) is 20.3 Å². The third kappa shape index (κ3) is 7.40. The first kappa shape index (κ1) is 28.4. The fraction of sp³-hybridized carbons (Fsp3) is 0.591. The number of halogens is 1. The molecule has 0 aromatic carbocycles. The maximum absolute atomic E-state index is 10.1. The second-order valence-electron chi connectivity index (χ2n) is 8.07. The van der Waals surface area contributed by atoms with Gasteiger partial charge >= 0.3 is 0 Å². The first-order valence-corrected chi connectivity index (χ1v) is 13.4. The summed E-state index contributed by atoms with van der Waals surface area (Å²) in [5.74, 6) is 2.68. The Morgan fingerprint density at radius 3 is 2.66 bits per heavy atom. The number of nitrogens with one attached hydrogen (secondary N) is 1. The summed E-state index contributed by atoms with van der Waals surface area (Å²) < 4.78 is 10.6. The van der Waals surface area contributed by atoms with Crippen molar-refractivity contribution < 1.29 is 29.3 Å². The van der Waals surface area contributed by atoms with E-state index in [1.807, 2.05) is 26.8 Å². The molecule has 3 heterocycles. The molecule has 1 aliphatic rings. The van der Waals surface area contributed by atoms with E-state index in [0.717, 1.165) is 46.1 Å². The summed E-state index contributed by atoms with van der Waals surface area (Å²) in [6, 6.07) is 1.98. The molecular formula is C22H31ClN4O6S2. The highest BCUT2D eigenvalue weighted by molar-refractivity contribution is 7.99. The molecule has 5 atom stereocenters. The monoisotopic (exact) mass is 546 g/mol. The summed E-state index contributed by atoms with van der Waals surface area (Å²) in [7, 11) is 0. The van der Waals surface area contributed by atoms with Gasteiger partial charge < -0.3 is 34.7 Å². The predicted molar refractivity (Wildman–Crippen MR) is 135 cm³/mol. The maximum atomic E-state index is 10.1. The number of aromatic nitrogens is 3. The molecule has 2 aromatic heterocycles. The topological polar surface area (TPSA) is 150 Å². The second kappa shape index (κ2) is 13.4. The van der Waals surface area contributed by atoms with Gasteiger partial charge in [-0.25, -0.2) is 9.97 Å². The van der Waals surface area contributed by atoms with Crippen molar-refractivity contribution >= 4 is 41.2 Å². The van der Waals surface area contributed by atoms with Crippen LogP contribution in [0.1, 0.15) is 29.2 Å². The lowest BCUT2D eigenvalue weighted by molar-refractivity contribution is -0.278. The van der Waals surface area contributed by atoms with Crippen LogP contribution < -0.4 is 5.32 Å². The molecule has 1 saturated heterocycles. The fourth-order valence-electron chi connectivity index (χ4n) is 3.48. The second-order valence-corrected chi connectivity index (χ2v) is 10.4. The quantitative estimate of drug-likeness (QED) is 0.159. The van der Waals surface area contributed by atoms with Crippen molar-refractivity contribution in [2.24, 2.45) is 0 Å². The van der Waals surface area contributed by atoms with Gasteiger partial charge in [-0.1, -0.05) is 11.6 Å². The van der Waals surface area contributed by atoms with Gasteiger partial charge in [0.25, 0.3) is 0 Å². The molecule has 0 amide bonds. The SMILES string of the molecule is Cc1nc(C)c(Cl)c(NCc2nccc(SCCCSO[C@@H]3[C@@H](O)[C@H](O)[C@@H](CO)O[C@H]3O)c2C)n1. The van der Waals surface area contributed by atoms with E-state index in [4.69, 9.17) is 25.6 Å². The highest BCUT2D eigenvalue weighted by atomic mass is 35.5. The standard InChI is InChI=1S/C22H31ClN4O6S2/c1-11-14(9-25-21-17(23)12(2)26-13(3)27-21)24-6-5-16(11)34-7-4-8-35-33-20-19(30)18(29)15(10-28)32-22(20)31/h5-6,15,18-20,22,28-31H,4,7-10H2,1-3H3,(H,25,26,27)/t15-,18-,19+,20-,22-/m1/s1. The van der Waals surface area contributed by atoms with Gasteiger partial charge in [-0.05, 0) is 56.6 Å². The van der Waals surface area contributed by atoms with E-state index in [1.165, 1.54) is 0 Å². The molecule has 5 N–H and O–H groups in total. The number of thioether (sulfide) groups is 1. The Morgan fingerprint density at radius 1 is 1.14 bits per heavy atom. The first-order valence-electron chi connectivity index (χ1n) is 11.1. The number of rotatable bonds is 11. The van der Waals surface area contributed by atoms with Gasteiger partial charge in [0.15, 0.2) is 12.4 Å². The van der Waals surface area contributed by atoms with Gasteiger partial charge in [0.05, 0.1) is 24.5 Å². The number of aliphatic hydroxyl groups is 4. The lowest BCUT2D eigenvalue weighted by atomic mass is 9.99. The predicted octanol–water partition coefficient (Wildman–Crippen LogP) is 2.01. The van der Waals surface area contributed by atoms with Crippen molar-refractivity contribution in [2.45, 2.75) is 69.3 Å². The minimum atomic E-state index is -1.43. The fourth-order valence-corrected chi connectivity index (χ4v) is 5.54. The largest absolute Gasteiger partial charge is 0.394 e. The van der Waals surface area contributed by atoms with Crippen molar-refractivity contribution in [2.75, 3.05) is 23.4 Å². The van der Waals surface area contributed by atoms with Crippen LogP contribution in [0.5, 0.6) is 0 Å². The van der Waals surface area contributed by atoms with Crippen molar-refractivity contribution in [3.8, 4) is 0 Å². The van der Waals surface area contributed by atoms with Gasteiger partial charge in [0.1, 0.15) is 35.0 Å². The Kier molecular flexibility index (Phi) is 10.8. The van der Waals surface area contributed by atoms with Gasteiger partial charge in [-0.3, -0.25) is 4.98 Å². The molecule has 0 saturated carbocycles. The minimum absolute atomic E-state index is 0.483. The maximum Gasteiger partial charge on any atom is 0.185 e. The molecule has 3 rings (SSSR count). The molecule has 35 heavy (non-hydrogen) atoms. The van der Waals surface area contributed by atoms with E-state index in [9.17, 15) is 15.3 Å². The lowest BCUT2D eigenvalue weighted by Gasteiger charge is -2.39. The number of pyridine rings is 1. The molecule has 0 bridgehead atoms. The number of aryl methyl sites for hydroxylation is 2. The van der Waals surface area contributed by atoms with Gasteiger partial charge in [0, 0.05) is 16.8 Å². The number of anilines is 1. The van der Waals surface area contributed by atoms with Crippen molar-refractivity contribution in [3.63, 3.8) is 0 Å². The van der Waals surface area contributed by atoms with Crippen LogP contribution in [0.2, 0.25) is 5.02 Å². The van der Waals surface area contributed by atoms with Crippen LogP contribution in [0.15, 0.2) is 17.2 Å².